The molecule has 3 aromatic carbocycles. The van der Waals surface area contributed by atoms with Gasteiger partial charge in [0.2, 0.25) is 0 Å². The fourth-order valence-electron chi connectivity index (χ4n) is 5.76. The summed E-state index contributed by atoms with van der Waals surface area (Å²) in [4.78, 5) is 0. The van der Waals surface area contributed by atoms with Gasteiger partial charge in [-0.2, -0.15) is 6.07 Å². The molecule has 0 heterocycles. The summed E-state index contributed by atoms with van der Waals surface area (Å²) < 4.78 is 0. The number of hydrogen-bond acceptors (Lipinski definition) is 0. The van der Waals surface area contributed by atoms with Crippen LogP contribution in [0.2, 0.25) is 19.6 Å². The predicted octanol–water partition coefficient (Wildman–Crippen LogP) is 8.45. The third-order valence-electron chi connectivity index (χ3n) is 7.40. The first-order valence-electron chi connectivity index (χ1n) is 12.2. The van der Waals surface area contributed by atoms with Crippen molar-refractivity contribution in [1.29, 1.82) is 0 Å². The van der Waals surface area contributed by atoms with Crippen molar-refractivity contribution in [3.63, 3.8) is 0 Å². The maximum absolute atomic E-state index is 2.51. The van der Waals surface area contributed by atoms with Gasteiger partial charge in [0.05, 0.1) is 8.07 Å². The molecular formula is C29H39SiZn-. The monoisotopic (exact) mass is 479 g/mol. The molecule has 162 valence electrons. The number of rotatable bonds is 6. The maximum Gasteiger partial charge on any atom is 0.0775 e. The Morgan fingerprint density at radius 1 is 0.903 bits per heavy atom. The van der Waals surface area contributed by atoms with E-state index in [9.17, 15) is 0 Å². The Morgan fingerprint density at radius 3 is 2.19 bits per heavy atom. The molecule has 0 spiro atoms. The van der Waals surface area contributed by atoms with Crippen LogP contribution in [0.15, 0.2) is 54.6 Å². The first-order valence-corrected chi connectivity index (χ1v) is 15.7. The van der Waals surface area contributed by atoms with E-state index in [0.717, 1.165) is 0 Å². The fourth-order valence-corrected chi connectivity index (χ4v) is 6.92. The molecule has 0 bridgehead atoms. The summed E-state index contributed by atoms with van der Waals surface area (Å²) in [5, 5.41) is 4.39. The molecule has 1 aliphatic rings. The average Bonchev–Trinajstić information content (AvgIpc) is 2.98. The molecule has 3 aromatic rings. The van der Waals surface area contributed by atoms with Crippen molar-refractivity contribution in [1.82, 2.24) is 0 Å². The Balaban J connectivity index is 0.00000272. The molecular weight excluding hydrogens is 442 g/mol. The SMILES string of the molecule is CCCC1(Cc2cc3c(-c4ccc([Si](C)(C)C)cc4)cccc3[cH-]2)CCCCCC1.[Zn]. The van der Waals surface area contributed by atoms with Gasteiger partial charge in [-0.1, -0.05) is 99.8 Å². The van der Waals surface area contributed by atoms with Crippen LogP contribution in [0.25, 0.3) is 21.9 Å². The largest absolute Gasteiger partial charge is 0.164 e. The number of hydrogen-bond donors (Lipinski definition) is 0. The van der Waals surface area contributed by atoms with Gasteiger partial charge in [0.15, 0.2) is 0 Å². The van der Waals surface area contributed by atoms with Crippen molar-refractivity contribution < 1.29 is 19.5 Å². The standard InChI is InChI=1S/C29H39Si.Zn/c1-5-17-29(18-8-6-7-9-19-29)22-23-20-25-11-10-12-27(28(25)21-23)24-13-15-26(16-14-24)30(2,3)4;/h10-16,20-21H,5-9,17-19,22H2,1-4H3;/q-1;. The van der Waals surface area contributed by atoms with E-state index in [2.05, 4.69) is 81.2 Å². The Hall–Kier alpha value is -1.11. The summed E-state index contributed by atoms with van der Waals surface area (Å²) in [6.45, 7) is 9.64. The molecule has 0 nitrogen and oxygen atoms in total. The van der Waals surface area contributed by atoms with Crippen LogP contribution in [-0.2, 0) is 25.9 Å². The molecule has 1 fully saturated rings. The first-order chi connectivity index (χ1) is 14.4. The van der Waals surface area contributed by atoms with Crippen LogP contribution in [-0.4, -0.2) is 8.07 Å². The quantitative estimate of drug-likeness (QED) is 0.188. The minimum Gasteiger partial charge on any atom is -0.164 e. The Bertz CT molecular complexity index is 966. The van der Waals surface area contributed by atoms with E-state index in [1.165, 1.54) is 84.9 Å². The van der Waals surface area contributed by atoms with Crippen LogP contribution < -0.4 is 5.19 Å². The molecule has 2 heteroatoms. The molecule has 0 saturated heterocycles. The molecule has 0 N–H and O–H groups in total. The van der Waals surface area contributed by atoms with Gasteiger partial charge >= 0.3 is 0 Å². The second-order valence-electron chi connectivity index (χ2n) is 10.8. The van der Waals surface area contributed by atoms with Crippen LogP contribution in [0.3, 0.4) is 0 Å². The summed E-state index contributed by atoms with van der Waals surface area (Å²) in [7, 11) is -1.25. The smallest absolute Gasteiger partial charge is 0.0775 e. The molecule has 1 aliphatic carbocycles. The van der Waals surface area contributed by atoms with E-state index in [0.29, 0.717) is 5.41 Å². The molecule has 0 radical (unpaired) electrons. The van der Waals surface area contributed by atoms with E-state index in [-0.39, 0.29) is 19.5 Å². The minimum absolute atomic E-state index is 0. The topological polar surface area (TPSA) is 0 Å². The summed E-state index contributed by atoms with van der Waals surface area (Å²) in [5.74, 6) is 0. The zero-order valence-corrected chi connectivity index (χ0v) is 24.2. The van der Waals surface area contributed by atoms with Crippen molar-refractivity contribution in [3.05, 3.63) is 60.2 Å². The van der Waals surface area contributed by atoms with E-state index in [1.54, 1.807) is 5.56 Å². The summed E-state index contributed by atoms with van der Waals surface area (Å²) in [5.41, 5.74) is 4.85. The zero-order chi connectivity index (χ0) is 21.2. The predicted molar refractivity (Wildman–Crippen MR) is 137 cm³/mol. The van der Waals surface area contributed by atoms with Gasteiger partial charge in [-0.05, 0) is 36.7 Å². The van der Waals surface area contributed by atoms with Crippen LogP contribution in [0.5, 0.6) is 0 Å². The van der Waals surface area contributed by atoms with Crippen molar-refractivity contribution in [2.75, 3.05) is 0 Å². The first kappa shape index (κ1) is 24.5. The molecule has 1 saturated carbocycles. The summed E-state index contributed by atoms with van der Waals surface area (Å²) in [6.07, 6.45) is 12.5. The third kappa shape index (κ3) is 5.63. The Kier molecular flexibility index (Phi) is 8.09. The number of fused-ring (bicyclic) bond motifs is 1. The second kappa shape index (κ2) is 10.2. The van der Waals surface area contributed by atoms with Crippen LogP contribution in [0.1, 0.15) is 63.9 Å². The van der Waals surface area contributed by atoms with Crippen molar-refractivity contribution >= 4 is 24.0 Å². The molecule has 0 amide bonds. The van der Waals surface area contributed by atoms with Gasteiger partial charge in [0, 0.05) is 19.5 Å². The van der Waals surface area contributed by atoms with Crippen LogP contribution in [0, 0.1) is 5.41 Å². The van der Waals surface area contributed by atoms with Crippen LogP contribution in [0.4, 0.5) is 0 Å². The van der Waals surface area contributed by atoms with Crippen molar-refractivity contribution in [2.45, 2.75) is 84.4 Å². The second-order valence-corrected chi connectivity index (χ2v) is 15.9. The van der Waals surface area contributed by atoms with E-state index < -0.39 is 8.07 Å². The molecule has 0 aliphatic heterocycles. The molecule has 0 atom stereocenters. The average molecular weight is 481 g/mol. The Labute approximate surface area is 204 Å². The van der Waals surface area contributed by atoms with Crippen molar-refractivity contribution in [2.24, 2.45) is 5.41 Å². The van der Waals surface area contributed by atoms with Gasteiger partial charge < -0.3 is 0 Å². The molecule has 31 heavy (non-hydrogen) atoms. The summed E-state index contributed by atoms with van der Waals surface area (Å²) in [6, 6.07) is 21.3. The van der Waals surface area contributed by atoms with Gasteiger partial charge in [-0.25, -0.2) is 0 Å². The van der Waals surface area contributed by atoms with Crippen molar-refractivity contribution in [3.8, 4) is 11.1 Å². The maximum atomic E-state index is 2.51. The van der Waals surface area contributed by atoms with Gasteiger partial charge in [-0.15, -0.1) is 34.5 Å². The third-order valence-corrected chi connectivity index (χ3v) is 9.46. The van der Waals surface area contributed by atoms with Gasteiger partial charge in [0.25, 0.3) is 0 Å². The van der Waals surface area contributed by atoms with Gasteiger partial charge in [-0.3, -0.25) is 0 Å². The zero-order valence-electron chi connectivity index (χ0n) is 20.3. The van der Waals surface area contributed by atoms with E-state index in [4.69, 9.17) is 0 Å². The van der Waals surface area contributed by atoms with Gasteiger partial charge in [0.1, 0.15) is 0 Å². The molecule has 0 unspecified atom stereocenters. The minimum atomic E-state index is -1.25. The van der Waals surface area contributed by atoms with E-state index in [1.807, 2.05) is 0 Å². The molecule has 4 rings (SSSR count). The summed E-state index contributed by atoms with van der Waals surface area (Å²) >= 11 is 0. The Morgan fingerprint density at radius 2 is 1.58 bits per heavy atom. The van der Waals surface area contributed by atoms with Crippen LogP contribution >= 0.6 is 0 Å². The van der Waals surface area contributed by atoms with E-state index >= 15 is 0 Å². The fraction of sp³-hybridized carbons (Fsp3) is 0.483. The molecule has 0 aromatic heterocycles. The normalized spacial score (nSPS) is 16.6. The number of benzene rings is 2.